The minimum absolute atomic E-state index is 0.0381. The van der Waals surface area contributed by atoms with E-state index in [-0.39, 0.29) is 32.8 Å². The van der Waals surface area contributed by atoms with Crippen molar-refractivity contribution in [1.29, 1.82) is 0 Å². The van der Waals surface area contributed by atoms with E-state index in [9.17, 15) is 10.1 Å². The number of allylic oxidation sites excluding steroid dienone is 1. The van der Waals surface area contributed by atoms with Crippen LogP contribution in [-0.2, 0) is 6.54 Å². The standard InChI is InChI=1S/C20H14Cl5N5O2/c21-7-12-9-30(20(27-12)29(31)32,15-2-4-17(23)19(25)6-15)10-13-8-28(11-26-13)14-1-3-16(22)18(24)5-14/h1-6,8-9,11H,7,10H2,(H,31,32)/q+2. The number of quaternary nitrogens is 1. The summed E-state index contributed by atoms with van der Waals surface area (Å²) in [4.78, 5) is 20.5. The molecule has 0 aliphatic carbocycles. The van der Waals surface area contributed by atoms with E-state index in [4.69, 9.17) is 58.0 Å². The molecule has 1 N–H and O–H groups in total. The number of rotatable bonds is 5. The quantitative estimate of drug-likeness (QED) is 0.228. The molecule has 1 atom stereocenters. The Labute approximate surface area is 207 Å². The third-order valence-electron chi connectivity index (χ3n) is 4.89. The van der Waals surface area contributed by atoms with Crippen molar-refractivity contribution in [3.63, 3.8) is 0 Å². The van der Waals surface area contributed by atoms with E-state index in [2.05, 4.69) is 9.98 Å². The molecule has 0 radical (unpaired) electrons. The molecule has 1 aliphatic heterocycles. The van der Waals surface area contributed by atoms with Crippen LogP contribution in [0.2, 0.25) is 20.1 Å². The van der Waals surface area contributed by atoms with Gasteiger partial charge in [-0.05, 0) is 29.2 Å². The molecule has 164 valence electrons. The summed E-state index contributed by atoms with van der Waals surface area (Å²) < 4.78 is 1.47. The molecule has 32 heavy (non-hydrogen) atoms. The first kappa shape index (κ1) is 23.0. The van der Waals surface area contributed by atoms with Gasteiger partial charge in [-0.15, -0.1) is 16.1 Å². The van der Waals surface area contributed by atoms with Gasteiger partial charge in [0.05, 0.1) is 32.3 Å². The lowest BCUT2D eigenvalue weighted by atomic mass is 10.2. The predicted octanol–water partition coefficient (Wildman–Crippen LogP) is 6.61. The first-order chi connectivity index (χ1) is 15.2. The summed E-state index contributed by atoms with van der Waals surface area (Å²) in [6, 6.07) is 10.1. The van der Waals surface area contributed by atoms with E-state index < -0.39 is 0 Å². The highest BCUT2D eigenvalue weighted by molar-refractivity contribution is 6.42. The SMILES string of the molecule is O=[N+](O)C1=NC(CCl)=C[N+]1(Cc1cn(-c2ccc(Cl)c(Cl)c2)cn1)c1ccc(Cl)c(Cl)c1. The van der Waals surface area contributed by atoms with E-state index >= 15 is 0 Å². The number of imidazole rings is 1. The van der Waals surface area contributed by atoms with Crippen LogP contribution in [0.25, 0.3) is 5.69 Å². The maximum absolute atomic E-state index is 12.1. The van der Waals surface area contributed by atoms with Gasteiger partial charge < -0.3 is 9.77 Å². The molecule has 7 nitrogen and oxygen atoms in total. The molecule has 12 heteroatoms. The lowest BCUT2D eigenvalue weighted by Gasteiger charge is -2.24. The zero-order chi connectivity index (χ0) is 23.0. The maximum atomic E-state index is 12.1. The zero-order valence-corrected chi connectivity index (χ0v) is 19.9. The Morgan fingerprint density at radius 1 is 1.00 bits per heavy atom. The Balaban J connectivity index is 1.80. The molecule has 3 aromatic rings. The molecule has 1 unspecified atom stereocenters. The van der Waals surface area contributed by atoms with Gasteiger partial charge in [-0.1, -0.05) is 46.4 Å². The van der Waals surface area contributed by atoms with Crippen LogP contribution in [0.4, 0.5) is 5.69 Å². The monoisotopic (exact) mass is 531 g/mol. The number of hydrogen-bond acceptors (Lipinski definition) is 3. The van der Waals surface area contributed by atoms with Gasteiger partial charge >= 0.3 is 5.96 Å². The van der Waals surface area contributed by atoms with E-state index in [1.54, 1.807) is 59.7 Å². The fourth-order valence-electron chi connectivity index (χ4n) is 3.44. The Kier molecular flexibility index (Phi) is 6.49. The minimum atomic E-state index is -0.294. The molecule has 2 heterocycles. The molecule has 1 aromatic heterocycles. The average molecular weight is 534 g/mol. The molecule has 2 aromatic carbocycles. The number of nitrogens with zero attached hydrogens (tertiary/aromatic N) is 5. The van der Waals surface area contributed by atoms with Gasteiger partial charge in [0.25, 0.3) is 0 Å². The first-order valence-electron chi connectivity index (χ1n) is 9.08. The number of aromatic nitrogens is 2. The lowest BCUT2D eigenvalue weighted by Crippen LogP contribution is -2.51. The second-order valence-electron chi connectivity index (χ2n) is 6.93. The highest BCUT2D eigenvalue weighted by Crippen LogP contribution is 2.37. The molecule has 0 fully saturated rings. The number of aliphatic imine (C=N–C) groups is 1. The summed E-state index contributed by atoms with van der Waals surface area (Å²) >= 11 is 30.4. The van der Waals surface area contributed by atoms with Gasteiger partial charge in [0.2, 0.25) is 10.6 Å². The van der Waals surface area contributed by atoms with Crippen molar-refractivity contribution >= 4 is 69.7 Å². The zero-order valence-electron chi connectivity index (χ0n) is 16.1. The van der Waals surface area contributed by atoms with Crippen LogP contribution < -0.4 is 4.48 Å². The Hall–Kier alpha value is -2.13. The van der Waals surface area contributed by atoms with Crippen LogP contribution in [0.15, 0.2) is 65.8 Å². The Morgan fingerprint density at radius 2 is 1.69 bits per heavy atom. The fourth-order valence-corrected chi connectivity index (χ4v) is 4.15. The minimum Gasteiger partial charge on any atom is -0.309 e. The molecule has 0 saturated carbocycles. The Morgan fingerprint density at radius 3 is 2.31 bits per heavy atom. The fraction of sp³-hybridized carbons (Fsp3) is 0.100. The molecule has 0 amide bonds. The topological polar surface area (TPSA) is 70.5 Å². The van der Waals surface area contributed by atoms with Crippen LogP contribution in [0.5, 0.6) is 0 Å². The number of hydrogen-bond donors (Lipinski definition) is 1. The van der Waals surface area contributed by atoms with Crippen molar-refractivity contribution in [2.45, 2.75) is 6.54 Å². The number of benzene rings is 2. The van der Waals surface area contributed by atoms with Gasteiger partial charge in [-0.3, -0.25) is 0 Å². The van der Waals surface area contributed by atoms with E-state index in [1.807, 2.05) is 0 Å². The van der Waals surface area contributed by atoms with Crippen LogP contribution in [-0.4, -0.2) is 31.5 Å². The molecule has 0 bridgehead atoms. The van der Waals surface area contributed by atoms with Crippen LogP contribution in [0, 0.1) is 4.91 Å². The van der Waals surface area contributed by atoms with Gasteiger partial charge in [-0.2, -0.15) is 0 Å². The second kappa shape index (κ2) is 9.02. The van der Waals surface area contributed by atoms with E-state index in [0.29, 0.717) is 32.1 Å². The van der Waals surface area contributed by atoms with Gasteiger partial charge in [-0.25, -0.2) is 4.98 Å². The maximum Gasteiger partial charge on any atom is 0.588 e. The number of alkyl halides is 1. The van der Waals surface area contributed by atoms with Crippen molar-refractivity contribution in [3.05, 3.63) is 91.5 Å². The molecule has 4 rings (SSSR count). The normalized spacial score (nSPS) is 17.9. The molecular formula is C20H14Cl5N5O2+2. The summed E-state index contributed by atoms with van der Waals surface area (Å²) in [5.74, 6) is -0.167. The molecule has 0 spiro atoms. The third kappa shape index (κ3) is 4.24. The summed E-state index contributed by atoms with van der Waals surface area (Å²) in [6.07, 6.45) is 5.04. The highest BCUT2D eigenvalue weighted by atomic mass is 35.5. The number of guanidine groups is 1. The molecule has 0 saturated heterocycles. The van der Waals surface area contributed by atoms with Crippen molar-refractivity contribution in [2.75, 3.05) is 5.88 Å². The van der Waals surface area contributed by atoms with Gasteiger partial charge in [0.1, 0.15) is 12.2 Å². The Bertz CT molecular complexity index is 1290. The highest BCUT2D eigenvalue weighted by Gasteiger charge is 2.53. The summed E-state index contributed by atoms with van der Waals surface area (Å²) in [7, 11) is 0. The summed E-state index contributed by atoms with van der Waals surface area (Å²) in [6.45, 7) is 0.130. The van der Waals surface area contributed by atoms with Crippen LogP contribution in [0.1, 0.15) is 5.69 Å². The van der Waals surface area contributed by atoms with Crippen molar-refractivity contribution < 1.29 is 10.1 Å². The average Bonchev–Trinajstić information content (AvgIpc) is 3.37. The third-order valence-corrected chi connectivity index (χ3v) is 6.64. The lowest BCUT2D eigenvalue weighted by molar-refractivity contribution is -0.711. The van der Waals surface area contributed by atoms with Gasteiger partial charge in [0.15, 0.2) is 11.9 Å². The molecule has 1 aliphatic rings. The molecular weight excluding hydrogens is 520 g/mol. The second-order valence-corrected chi connectivity index (χ2v) is 8.83. The van der Waals surface area contributed by atoms with Gasteiger partial charge in [0, 0.05) is 29.0 Å². The predicted molar refractivity (Wildman–Crippen MR) is 127 cm³/mol. The smallest absolute Gasteiger partial charge is 0.309 e. The largest absolute Gasteiger partial charge is 0.588 e. The van der Waals surface area contributed by atoms with E-state index in [1.165, 1.54) is 0 Å². The number of halogens is 5. The van der Waals surface area contributed by atoms with E-state index in [0.717, 1.165) is 5.69 Å². The van der Waals surface area contributed by atoms with Crippen molar-refractivity contribution in [3.8, 4) is 5.69 Å². The van der Waals surface area contributed by atoms with Crippen molar-refractivity contribution in [2.24, 2.45) is 4.99 Å². The first-order valence-corrected chi connectivity index (χ1v) is 11.1. The van der Waals surface area contributed by atoms with Crippen LogP contribution in [0.3, 0.4) is 0 Å². The summed E-state index contributed by atoms with van der Waals surface area (Å²) in [5.41, 5.74) is 2.28. The van der Waals surface area contributed by atoms with Crippen LogP contribution >= 0.6 is 58.0 Å². The summed E-state index contributed by atoms with van der Waals surface area (Å²) in [5, 5.41) is 11.3. The van der Waals surface area contributed by atoms with Crippen molar-refractivity contribution in [1.82, 2.24) is 14.0 Å².